The highest BCUT2D eigenvalue weighted by Gasteiger charge is 2.35. The molecule has 13 heteroatoms. The Morgan fingerprint density at radius 3 is 2.50 bits per heavy atom. The maximum atomic E-state index is 13.3. The molecule has 0 aliphatic carbocycles. The summed E-state index contributed by atoms with van der Waals surface area (Å²) in [6.45, 7) is 3.48. The summed E-state index contributed by atoms with van der Waals surface area (Å²) < 4.78 is 13.0. The van der Waals surface area contributed by atoms with Crippen molar-refractivity contribution in [2.24, 2.45) is 7.05 Å². The lowest BCUT2D eigenvalue weighted by Gasteiger charge is -2.25. The second kappa shape index (κ2) is 10.8. The number of hydrogen-bond donors (Lipinski definition) is 3. The number of aryl methyl sites for hydroxylation is 1. The summed E-state index contributed by atoms with van der Waals surface area (Å²) in [4.78, 5) is 33.6. The van der Waals surface area contributed by atoms with Crippen LogP contribution in [0.25, 0.3) is 23.2 Å². The molecule has 0 spiro atoms. The Kier molecular flexibility index (Phi) is 7.10. The molecular weight excluding hydrogens is 516 g/mol. The maximum absolute atomic E-state index is 13.3. The molecule has 5 rings (SSSR count). The highest BCUT2D eigenvalue weighted by molar-refractivity contribution is 5.96. The normalized spacial score (nSPS) is 13.4. The number of carbonyl (C=O) groups excluding carboxylic acids is 1. The van der Waals surface area contributed by atoms with Gasteiger partial charge in [0.1, 0.15) is 23.2 Å². The number of pyridine rings is 1. The zero-order valence-electron chi connectivity index (χ0n) is 21.9. The van der Waals surface area contributed by atoms with Gasteiger partial charge in [-0.25, -0.2) is 14.8 Å². The average Bonchev–Trinajstić information content (AvgIpc) is 3.71. The van der Waals surface area contributed by atoms with E-state index in [9.17, 15) is 14.7 Å². The van der Waals surface area contributed by atoms with Gasteiger partial charge in [0, 0.05) is 25.2 Å². The van der Waals surface area contributed by atoms with Gasteiger partial charge < -0.3 is 24.6 Å². The fourth-order valence-electron chi connectivity index (χ4n) is 4.21. The standard InChI is InChI=1S/C27H26N8O5/c1-16(19-9-11-35(3)34-19)29-22(36)18-13-20(23-28-10-12-39-23)30-21(14-18)24-32-33-25(40-24)27(2,31-26(37)38)15-17-7-5-4-6-8-17/h4-14,16,31H,15H2,1-3H3,(H,29,36)(H,37,38)/t16?,27-/m1/s1. The number of hydrogen-bond acceptors (Lipinski definition) is 9. The molecule has 40 heavy (non-hydrogen) atoms. The van der Waals surface area contributed by atoms with Crippen LogP contribution in [0.2, 0.25) is 0 Å². The smallest absolute Gasteiger partial charge is 0.405 e. The fourth-order valence-corrected chi connectivity index (χ4v) is 4.21. The Morgan fingerprint density at radius 2 is 1.85 bits per heavy atom. The predicted octanol–water partition coefficient (Wildman–Crippen LogP) is 3.74. The molecular formula is C27H26N8O5. The molecule has 3 N–H and O–H groups in total. The number of carboxylic acid groups (broad SMARTS) is 1. The summed E-state index contributed by atoms with van der Waals surface area (Å²) in [6, 6.07) is 13.8. The number of aromatic nitrogens is 6. The Labute approximate surface area is 228 Å². The summed E-state index contributed by atoms with van der Waals surface area (Å²) in [5, 5.41) is 27.5. The molecule has 13 nitrogen and oxygen atoms in total. The number of benzene rings is 1. The first-order chi connectivity index (χ1) is 19.2. The highest BCUT2D eigenvalue weighted by Crippen LogP contribution is 2.29. The summed E-state index contributed by atoms with van der Waals surface area (Å²) >= 11 is 0. The Balaban J connectivity index is 1.49. The number of rotatable bonds is 9. The van der Waals surface area contributed by atoms with Gasteiger partial charge in [-0.2, -0.15) is 5.10 Å². The van der Waals surface area contributed by atoms with E-state index in [2.05, 4.69) is 35.9 Å². The van der Waals surface area contributed by atoms with Crippen LogP contribution in [0.1, 0.15) is 47.4 Å². The van der Waals surface area contributed by atoms with Crippen molar-refractivity contribution >= 4 is 12.0 Å². The topological polar surface area (TPSA) is 174 Å². The molecule has 4 aromatic heterocycles. The maximum Gasteiger partial charge on any atom is 0.405 e. The largest absolute Gasteiger partial charge is 0.465 e. The van der Waals surface area contributed by atoms with Gasteiger partial charge in [-0.15, -0.1) is 10.2 Å². The monoisotopic (exact) mass is 542 g/mol. The van der Waals surface area contributed by atoms with Gasteiger partial charge in [0.25, 0.3) is 11.8 Å². The molecule has 0 aliphatic rings. The van der Waals surface area contributed by atoms with Gasteiger partial charge in [-0.3, -0.25) is 9.48 Å². The minimum Gasteiger partial charge on any atom is -0.465 e. The van der Waals surface area contributed by atoms with E-state index < -0.39 is 17.5 Å². The van der Waals surface area contributed by atoms with Crippen molar-refractivity contribution in [1.82, 2.24) is 40.6 Å². The van der Waals surface area contributed by atoms with E-state index in [1.807, 2.05) is 43.3 Å². The van der Waals surface area contributed by atoms with Crippen LogP contribution >= 0.6 is 0 Å². The van der Waals surface area contributed by atoms with Crippen LogP contribution < -0.4 is 10.6 Å². The van der Waals surface area contributed by atoms with Crippen molar-refractivity contribution in [3.63, 3.8) is 0 Å². The average molecular weight is 543 g/mol. The molecule has 2 amide bonds. The quantitative estimate of drug-likeness (QED) is 0.249. The molecule has 0 saturated heterocycles. The van der Waals surface area contributed by atoms with Crippen molar-refractivity contribution < 1.29 is 23.5 Å². The third kappa shape index (κ3) is 5.72. The highest BCUT2D eigenvalue weighted by atomic mass is 16.4. The van der Waals surface area contributed by atoms with Crippen LogP contribution in [-0.4, -0.2) is 47.1 Å². The fraction of sp³-hybridized carbons (Fsp3) is 0.222. The molecule has 2 atom stereocenters. The first-order valence-electron chi connectivity index (χ1n) is 12.3. The molecule has 0 fully saturated rings. The summed E-state index contributed by atoms with van der Waals surface area (Å²) in [6.07, 6.45) is 3.66. The molecule has 5 aromatic rings. The number of oxazole rings is 1. The van der Waals surface area contributed by atoms with Gasteiger partial charge in [0.2, 0.25) is 11.8 Å². The van der Waals surface area contributed by atoms with Crippen molar-refractivity contribution in [2.75, 3.05) is 0 Å². The van der Waals surface area contributed by atoms with Crippen LogP contribution in [0.4, 0.5) is 4.79 Å². The number of nitrogens with one attached hydrogen (secondary N) is 2. The summed E-state index contributed by atoms with van der Waals surface area (Å²) in [7, 11) is 1.80. The van der Waals surface area contributed by atoms with Gasteiger partial charge in [0.05, 0.1) is 17.9 Å². The first-order valence-corrected chi connectivity index (χ1v) is 12.3. The predicted molar refractivity (Wildman–Crippen MR) is 141 cm³/mol. The lowest BCUT2D eigenvalue weighted by molar-refractivity contribution is 0.0939. The van der Waals surface area contributed by atoms with Gasteiger partial charge in [0.15, 0.2) is 0 Å². The van der Waals surface area contributed by atoms with Gasteiger partial charge in [-0.1, -0.05) is 30.3 Å². The number of amides is 2. The van der Waals surface area contributed by atoms with E-state index >= 15 is 0 Å². The van der Waals surface area contributed by atoms with Crippen molar-refractivity contribution in [3.05, 3.63) is 89.9 Å². The van der Waals surface area contributed by atoms with E-state index in [1.165, 1.54) is 18.5 Å². The number of carbonyl (C=O) groups is 2. The first kappa shape index (κ1) is 26.3. The van der Waals surface area contributed by atoms with Crippen LogP contribution in [-0.2, 0) is 19.0 Å². The Hall–Kier alpha value is -5.33. The van der Waals surface area contributed by atoms with Crippen LogP contribution in [0.3, 0.4) is 0 Å². The molecule has 0 radical (unpaired) electrons. The zero-order valence-corrected chi connectivity index (χ0v) is 21.9. The van der Waals surface area contributed by atoms with E-state index in [0.29, 0.717) is 5.69 Å². The summed E-state index contributed by atoms with van der Waals surface area (Å²) in [5.74, 6) is -0.181. The second-order valence-electron chi connectivity index (χ2n) is 9.41. The van der Waals surface area contributed by atoms with Gasteiger partial charge in [-0.05, 0) is 37.6 Å². The van der Waals surface area contributed by atoms with Gasteiger partial charge >= 0.3 is 6.09 Å². The lowest BCUT2D eigenvalue weighted by Crippen LogP contribution is -2.44. The van der Waals surface area contributed by atoms with E-state index in [1.54, 1.807) is 30.9 Å². The molecule has 0 bridgehead atoms. The summed E-state index contributed by atoms with van der Waals surface area (Å²) in [5.41, 5.74) is 1.02. The minimum absolute atomic E-state index is 0.0123. The molecule has 0 aliphatic heterocycles. The van der Waals surface area contributed by atoms with Crippen molar-refractivity contribution in [3.8, 4) is 23.2 Å². The number of nitrogens with zero attached hydrogens (tertiary/aromatic N) is 6. The lowest BCUT2D eigenvalue weighted by atomic mass is 9.93. The zero-order chi connectivity index (χ0) is 28.3. The van der Waals surface area contributed by atoms with Crippen molar-refractivity contribution in [2.45, 2.75) is 31.8 Å². The SMILES string of the molecule is CC(NC(=O)c1cc(-c2ncco2)nc(-c2nnc([C@@](C)(Cc3ccccc3)NC(=O)O)o2)c1)c1ccn(C)n1. The molecule has 204 valence electrons. The van der Waals surface area contributed by atoms with Crippen LogP contribution in [0.5, 0.6) is 0 Å². The third-order valence-corrected chi connectivity index (χ3v) is 6.16. The molecule has 0 saturated carbocycles. The van der Waals surface area contributed by atoms with E-state index in [-0.39, 0.29) is 47.1 Å². The second-order valence-corrected chi connectivity index (χ2v) is 9.41. The Morgan fingerprint density at radius 1 is 1.10 bits per heavy atom. The van der Waals surface area contributed by atoms with Crippen molar-refractivity contribution in [1.29, 1.82) is 0 Å². The molecule has 1 aromatic carbocycles. The molecule has 1 unspecified atom stereocenters. The Bertz CT molecular complexity index is 1630. The minimum atomic E-state index is -1.25. The van der Waals surface area contributed by atoms with E-state index in [4.69, 9.17) is 8.83 Å². The molecule has 4 heterocycles. The van der Waals surface area contributed by atoms with Crippen LogP contribution in [0, 0.1) is 0 Å². The third-order valence-electron chi connectivity index (χ3n) is 6.16. The van der Waals surface area contributed by atoms with Crippen LogP contribution in [0.15, 0.2) is 76.0 Å². The van der Waals surface area contributed by atoms with E-state index in [0.717, 1.165) is 5.56 Å².